The predicted molar refractivity (Wildman–Crippen MR) is 167 cm³/mol. The Balaban J connectivity index is 1.25. The van der Waals surface area contributed by atoms with Crippen molar-refractivity contribution in [3.63, 3.8) is 0 Å². The number of nitrogens with zero attached hydrogens (tertiary/aromatic N) is 2. The van der Waals surface area contributed by atoms with E-state index in [1.54, 1.807) is 11.4 Å². The number of benzene rings is 3. The Morgan fingerprint density at radius 2 is 1.75 bits per heavy atom. The SMILES string of the molecule is COCC(=O)Oc1ccc2c3c1OC1C(N(C)S(=O)(=O)Cc4ccccc4)CC[C@H]4[C@@H](C2)N(CCc2ccccc2)CC[C@]314. The summed E-state index contributed by atoms with van der Waals surface area (Å²) in [5, 5.41) is 0. The maximum Gasteiger partial charge on any atom is 0.337 e. The Morgan fingerprint density at radius 1 is 1.02 bits per heavy atom. The average Bonchev–Trinajstić information content (AvgIpc) is 3.37. The zero-order valence-corrected chi connectivity index (χ0v) is 26.2. The molecule has 2 aliphatic carbocycles. The van der Waals surface area contributed by atoms with Crippen molar-refractivity contribution in [3.05, 3.63) is 95.1 Å². The zero-order valence-electron chi connectivity index (χ0n) is 25.4. The van der Waals surface area contributed by atoms with E-state index in [0.29, 0.717) is 29.9 Å². The number of hydrogen-bond acceptors (Lipinski definition) is 7. The van der Waals surface area contributed by atoms with E-state index >= 15 is 0 Å². The topological polar surface area (TPSA) is 85.4 Å². The summed E-state index contributed by atoms with van der Waals surface area (Å²) in [6.07, 6.45) is 4.02. The van der Waals surface area contributed by atoms with Gasteiger partial charge in [0.1, 0.15) is 12.7 Å². The molecule has 2 unspecified atom stereocenters. The maximum atomic E-state index is 13.8. The summed E-state index contributed by atoms with van der Waals surface area (Å²) >= 11 is 0. The second-order valence-corrected chi connectivity index (χ2v) is 14.7. The maximum absolute atomic E-state index is 13.8. The van der Waals surface area contributed by atoms with Gasteiger partial charge in [0, 0.05) is 37.7 Å². The van der Waals surface area contributed by atoms with Crippen molar-refractivity contribution in [2.45, 2.75) is 61.5 Å². The molecule has 2 fully saturated rings. The highest BCUT2D eigenvalue weighted by molar-refractivity contribution is 7.88. The average molecular weight is 617 g/mol. The van der Waals surface area contributed by atoms with Gasteiger partial charge in [-0.25, -0.2) is 13.2 Å². The van der Waals surface area contributed by atoms with Gasteiger partial charge >= 0.3 is 5.97 Å². The first-order valence-corrected chi connectivity index (χ1v) is 17.2. The molecule has 7 rings (SSSR count). The van der Waals surface area contributed by atoms with Crippen LogP contribution in [0, 0.1) is 5.92 Å². The molecule has 1 saturated heterocycles. The first-order chi connectivity index (χ1) is 21.3. The molecule has 2 aliphatic heterocycles. The van der Waals surface area contributed by atoms with Gasteiger partial charge < -0.3 is 14.2 Å². The second kappa shape index (κ2) is 11.6. The van der Waals surface area contributed by atoms with Crippen LogP contribution in [-0.4, -0.2) is 75.6 Å². The minimum atomic E-state index is -3.62. The summed E-state index contributed by atoms with van der Waals surface area (Å²) in [5.41, 5.74) is 4.11. The molecule has 8 nitrogen and oxygen atoms in total. The van der Waals surface area contributed by atoms with Crippen LogP contribution >= 0.6 is 0 Å². The van der Waals surface area contributed by atoms with Crippen molar-refractivity contribution in [1.82, 2.24) is 9.21 Å². The summed E-state index contributed by atoms with van der Waals surface area (Å²) < 4.78 is 46.9. The molecule has 1 saturated carbocycles. The number of piperidine rings is 1. The van der Waals surface area contributed by atoms with E-state index in [0.717, 1.165) is 49.9 Å². The van der Waals surface area contributed by atoms with E-state index in [-0.39, 0.29) is 29.9 Å². The number of likely N-dealkylation sites (tertiary alicyclic amines) is 1. The van der Waals surface area contributed by atoms with Crippen molar-refractivity contribution >= 4 is 16.0 Å². The van der Waals surface area contributed by atoms with Gasteiger partial charge in [0.25, 0.3) is 0 Å². The lowest BCUT2D eigenvalue weighted by Crippen LogP contribution is -2.69. The molecule has 44 heavy (non-hydrogen) atoms. The molecule has 4 aliphatic rings. The number of esters is 1. The highest BCUT2D eigenvalue weighted by Crippen LogP contribution is 2.64. The molecule has 9 heteroatoms. The molecule has 0 N–H and O–H groups in total. The molecule has 3 aromatic carbocycles. The van der Waals surface area contributed by atoms with Gasteiger partial charge in [-0.3, -0.25) is 4.90 Å². The van der Waals surface area contributed by atoms with Crippen LogP contribution < -0.4 is 9.47 Å². The molecule has 0 radical (unpaired) electrons. The Bertz CT molecular complexity index is 1630. The van der Waals surface area contributed by atoms with Gasteiger partial charge in [-0.2, -0.15) is 4.31 Å². The summed E-state index contributed by atoms with van der Waals surface area (Å²) in [6.45, 7) is 1.74. The first kappa shape index (κ1) is 29.5. The number of methoxy groups -OCH3 is 1. The Labute approximate surface area is 260 Å². The van der Waals surface area contributed by atoms with Crippen molar-refractivity contribution in [2.24, 2.45) is 5.92 Å². The monoisotopic (exact) mass is 616 g/mol. The first-order valence-electron chi connectivity index (χ1n) is 15.6. The van der Waals surface area contributed by atoms with Gasteiger partial charge in [-0.15, -0.1) is 0 Å². The lowest BCUT2D eigenvalue weighted by atomic mass is 9.51. The van der Waals surface area contributed by atoms with Gasteiger partial charge in [0.05, 0.1) is 11.8 Å². The van der Waals surface area contributed by atoms with Crippen LogP contribution in [0.1, 0.15) is 41.5 Å². The quantitative estimate of drug-likeness (QED) is 0.247. The molecule has 0 amide bonds. The van der Waals surface area contributed by atoms with Gasteiger partial charge in [-0.05, 0) is 67.3 Å². The van der Waals surface area contributed by atoms with Crippen LogP contribution in [-0.2, 0) is 43.6 Å². The van der Waals surface area contributed by atoms with Crippen molar-refractivity contribution in [1.29, 1.82) is 0 Å². The smallest absolute Gasteiger partial charge is 0.337 e. The number of sulfonamides is 1. The lowest BCUT2D eigenvalue weighted by Gasteiger charge is -2.60. The highest BCUT2D eigenvalue weighted by atomic mass is 32.2. The summed E-state index contributed by atoms with van der Waals surface area (Å²) in [6, 6.07) is 23.9. The molecular formula is C35H40N2O6S. The fraction of sp³-hybridized carbons (Fsp3) is 0.457. The minimum absolute atomic E-state index is 0.0576. The summed E-state index contributed by atoms with van der Waals surface area (Å²) in [7, 11) is -0.452. The number of likely N-dealkylation sites (N-methyl/N-ethyl adjacent to an activating group) is 1. The number of carbonyl (C=O) groups is 1. The number of carbonyl (C=O) groups excluding carboxylic acids is 1. The molecule has 2 bridgehead atoms. The normalized spacial score (nSPS) is 27.1. The van der Waals surface area contributed by atoms with Crippen LogP contribution in [0.3, 0.4) is 0 Å². The third kappa shape index (κ3) is 4.94. The predicted octanol–water partition coefficient (Wildman–Crippen LogP) is 4.35. The molecule has 3 aromatic rings. The van der Waals surface area contributed by atoms with E-state index in [9.17, 15) is 13.2 Å². The summed E-state index contributed by atoms with van der Waals surface area (Å²) in [4.78, 5) is 15.2. The van der Waals surface area contributed by atoms with E-state index < -0.39 is 16.0 Å². The zero-order chi connectivity index (χ0) is 30.5. The van der Waals surface area contributed by atoms with Crippen LogP contribution in [0.5, 0.6) is 11.5 Å². The van der Waals surface area contributed by atoms with Crippen molar-refractivity contribution < 1.29 is 27.4 Å². The van der Waals surface area contributed by atoms with Crippen LogP contribution in [0.25, 0.3) is 0 Å². The fourth-order valence-electron chi connectivity index (χ4n) is 8.60. The minimum Gasteiger partial charge on any atom is -0.484 e. The van der Waals surface area contributed by atoms with E-state index in [1.807, 2.05) is 36.4 Å². The number of hydrogen-bond donors (Lipinski definition) is 0. The molecule has 1 spiro atoms. The van der Waals surface area contributed by atoms with Gasteiger partial charge in [-0.1, -0.05) is 66.7 Å². The fourth-order valence-corrected chi connectivity index (χ4v) is 10.0. The molecule has 5 atom stereocenters. The standard InChI is InChI=1S/C35H40N2O6S/c1-36(44(39,40)23-25-11-7-4-8-12-25)28-15-14-27-29-21-26-13-16-30(42-31(38)22-41-2)33-32(26)35(27,34(28)43-33)18-20-37(29)19-17-24-9-5-3-6-10-24/h3-13,16,27-29,34H,14-15,17-23H2,1-2H3/t27-,28?,29+,34?,35-/m0/s1. The van der Waals surface area contributed by atoms with Crippen LogP contribution in [0.15, 0.2) is 72.8 Å². The molecule has 0 aromatic heterocycles. The molecule has 232 valence electrons. The van der Waals surface area contributed by atoms with Gasteiger partial charge in [0.2, 0.25) is 10.0 Å². The van der Waals surface area contributed by atoms with Crippen molar-refractivity contribution in [3.8, 4) is 11.5 Å². The highest BCUT2D eigenvalue weighted by Gasteiger charge is 2.66. The van der Waals surface area contributed by atoms with Crippen molar-refractivity contribution in [2.75, 3.05) is 33.9 Å². The third-order valence-electron chi connectivity index (χ3n) is 10.5. The van der Waals surface area contributed by atoms with Gasteiger partial charge in [0.15, 0.2) is 11.5 Å². The lowest BCUT2D eigenvalue weighted by molar-refractivity contribution is -0.138. The Hall–Kier alpha value is -3.24. The van der Waals surface area contributed by atoms with E-state index in [2.05, 4.69) is 41.3 Å². The molecular weight excluding hydrogens is 576 g/mol. The molecule has 2 heterocycles. The third-order valence-corrected chi connectivity index (χ3v) is 12.3. The number of ether oxygens (including phenoxy) is 3. The number of rotatable bonds is 10. The largest absolute Gasteiger partial charge is 0.484 e. The van der Waals surface area contributed by atoms with E-state index in [1.165, 1.54) is 18.2 Å². The van der Waals surface area contributed by atoms with Crippen LogP contribution in [0.4, 0.5) is 0 Å². The van der Waals surface area contributed by atoms with Crippen LogP contribution in [0.2, 0.25) is 0 Å². The Kier molecular flexibility index (Phi) is 7.77. The second-order valence-electron chi connectivity index (χ2n) is 12.7. The summed E-state index contributed by atoms with van der Waals surface area (Å²) in [5.74, 6) is 0.778. The van der Waals surface area contributed by atoms with E-state index in [4.69, 9.17) is 14.2 Å². The Morgan fingerprint density at radius 3 is 2.48 bits per heavy atom.